The van der Waals surface area contributed by atoms with Gasteiger partial charge in [-0.2, -0.15) is 0 Å². The molecule has 0 aromatic heterocycles. The highest BCUT2D eigenvalue weighted by Gasteiger charge is 2.52. The summed E-state index contributed by atoms with van der Waals surface area (Å²) >= 11 is 0. The molecule has 324 valence electrons. The molecule has 2 heteroatoms. The molecule has 0 bridgehead atoms. The van der Waals surface area contributed by atoms with E-state index in [1.165, 1.54) is 44.5 Å². The van der Waals surface area contributed by atoms with Crippen LogP contribution in [0.2, 0.25) is 0 Å². The number of hydrogen-bond donors (Lipinski definition) is 0. The highest BCUT2D eigenvalue weighted by Crippen LogP contribution is 2.64. The second-order valence-electron chi connectivity index (χ2n) is 18.0. The lowest BCUT2D eigenvalue weighted by Gasteiger charge is -2.35. The van der Waals surface area contributed by atoms with Gasteiger partial charge in [-0.1, -0.05) is 224 Å². The molecule has 0 saturated carbocycles. The van der Waals surface area contributed by atoms with Crippen LogP contribution >= 0.6 is 0 Å². The average molecular weight is 879 g/mol. The molecule has 1 unspecified atom stereocenters. The van der Waals surface area contributed by atoms with E-state index in [1.54, 1.807) is 0 Å². The summed E-state index contributed by atoms with van der Waals surface area (Å²) < 4.78 is 0. The third-order valence-electron chi connectivity index (χ3n) is 14.3. The maximum atomic E-state index is 2.55. The first-order chi connectivity index (χ1) is 34.3. The molecule has 2 aliphatic carbocycles. The van der Waals surface area contributed by atoms with Gasteiger partial charge in [0.1, 0.15) is 0 Å². The van der Waals surface area contributed by atoms with Gasteiger partial charge in [-0.3, -0.25) is 0 Å². The van der Waals surface area contributed by atoms with Crippen LogP contribution in [-0.2, 0) is 5.41 Å². The molecule has 1 spiro atoms. The van der Waals surface area contributed by atoms with Crippen LogP contribution in [0, 0.1) is 0 Å². The molecule has 2 nitrogen and oxygen atoms in total. The molecule has 0 N–H and O–H groups in total. The van der Waals surface area contributed by atoms with E-state index in [4.69, 9.17) is 0 Å². The van der Waals surface area contributed by atoms with Crippen LogP contribution in [0.1, 0.15) is 22.3 Å². The molecule has 0 heterocycles. The molecule has 0 saturated heterocycles. The minimum atomic E-state index is -0.616. The predicted octanol–water partition coefficient (Wildman–Crippen LogP) is 18.0. The molecule has 11 aromatic carbocycles. The zero-order valence-electron chi connectivity index (χ0n) is 38.0. The molecule has 0 fully saturated rings. The van der Waals surface area contributed by atoms with Gasteiger partial charge in [0.15, 0.2) is 0 Å². The van der Waals surface area contributed by atoms with Gasteiger partial charge in [-0.25, -0.2) is 0 Å². The van der Waals surface area contributed by atoms with Crippen molar-refractivity contribution in [3.05, 3.63) is 301 Å². The van der Waals surface area contributed by atoms with Gasteiger partial charge in [-0.15, -0.1) is 0 Å². The molecule has 0 aliphatic heterocycles. The van der Waals surface area contributed by atoms with E-state index in [2.05, 4.69) is 289 Å². The van der Waals surface area contributed by atoms with Crippen molar-refractivity contribution >= 4 is 34.1 Å². The molecule has 69 heavy (non-hydrogen) atoms. The van der Waals surface area contributed by atoms with Crippen molar-refractivity contribution in [2.24, 2.45) is 0 Å². The van der Waals surface area contributed by atoms with Crippen LogP contribution in [-0.4, -0.2) is 0 Å². The Morgan fingerprint density at radius 2 is 0.565 bits per heavy atom. The van der Waals surface area contributed by atoms with Crippen LogP contribution in [0.5, 0.6) is 0 Å². The van der Waals surface area contributed by atoms with Crippen LogP contribution in [0.3, 0.4) is 0 Å². The summed E-state index contributed by atoms with van der Waals surface area (Å²) in [7, 11) is 0. The third-order valence-corrected chi connectivity index (χ3v) is 14.3. The monoisotopic (exact) mass is 878 g/mol. The summed E-state index contributed by atoms with van der Waals surface area (Å²) in [5.74, 6) is 0. The van der Waals surface area contributed by atoms with Gasteiger partial charge in [-0.05, 0) is 116 Å². The van der Waals surface area contributed by atoms with Gasteiger partial charge in [0.05, 0.1) is 16.8 Å². The van der Waals surface area contributed by atoms with Crippen molar-refractivity contribution in [1.82, 2.24) is 0 Å². The lowest BCUT2D eigenvalue weighted by Crippen LogP contribution is -2.26. The largest absolute Gasteiger partial charge is 0.310 e. The summed E-state index contributed by atoms with van der Waals surface area (Å²) in [6.45, 7) is 0. The number of rotatable bonds is 9. The fourth-order valence-electron chi connectivity index (χ4n) is 11.4. The van der Waals surface area contributed by atoms with E-state index < -0.39 is 5.41 Å². The summed E-state index contributed by atoms with van der Waals surface area (Å²) in [5, 5.41) is 0. The minimum Gasteiger partial charge on any atom is -0.310 e. The molecule has 0 amide bonds. The summed E-state index contributed by atoms with van der Waals surface area (Å²) in [5.41, 5.74) is 23.2. The fraction of sp³-hybridized carbons (Fsp3) is 0.0149. The van der Waals surface area contributed by atoms with Crippen molar-refractivity contribution in [2.45, 2.75) is 5.41 Å². The van der Waals surface area contributed by atoms with E-state index in [0.29, 0.717) is 0 Å². The third kappa shape index (κ3) is 6.48. The second-order valence-corrected chi connectivity index (χ2v) is 18.0. The Hall–Kier alpha value is -8.98. The first-order valence-corrected chi connectivity index (χ1v) is 23.8. The Balaban J connectivity index is 1.12. The van der Waals surface area contributed by atoms with Gasteiger partial charge in [0.25, 0.3) is 0 Å². The first kappa shape index (κ1) is 40.3. The normalized spacial score (nSPS) is 13.9. The van der Waals surface area contributed by atoms with Gasteiger partial charge in [0, 0.05) is 39.4 Å². The summed E-state index contributed by atoms with van der Waals surface area (Å²) in [6, 6.07) is 102. The van der Waals surface area contributed by atoms with E-state index in [9.17, 15) is 0 Å². The van der Waals surface area contributed by atoms with Crippen LogP contribution in [0.4, 0.5) is 34.1 Å². The standard InChI is InChI=1S/C67H46N2/c1-6-23-47(24-7-1)54-33-18-21-40-65(54)69(66-55(48-25-8-2-9-26-48)36-22-37-56(66)49-27-10-3-11-28-49)53-42-44-60-58-35-17-20-39-62(58)67(64(60)46-53)61-38-19-16-34-57(61)59-43-41-52(45-63(59)67)68(50-29-12-4-13-30-50)51-31-14-5-15-32-51/h1-46H. The van der Waals surface area contributed by atoms with E-state index >= 15 is 0 Å². The predicted molar refractivity (Wildman–Crippen MR) is 288 cm³/mol. The number of para-hydroxylation sites is 4. The van der Waals surface area contributed by atoms with Crippen molar-refractivity contribution < 1.29 is 0 Å². The number of benzene rings is 11. The molecule has 13 rings (SSSR count). The minimum absolute atomic E-state index is 0.616. The molecular weight excluding hydrogens is 833 g/mol. The van der Waals surface area contributed by atoms with Gasteiger partial charge < -0.3 is 9.80 Å². The lowest BCUT2D eigenvalue weighted by atomic mass is 9.70. The van der Waals surface area contributed by atoms with E-state index in [1.807, 2.05) is 0 Å². The van der Waals surface area contributed by atoms with E-state index in [0.717, 1.165) is 67.5 Å². The number of hydrogen-bond acceptors (Lipinski definition) is 2. The summed E-state index contributed by atoms with van der Waals surface area (Å²) in [6.07, 6.45) is 0. The zero-order chi connectivity index (χ0) is 45.7. The molecule has 11 aromatic rings. The second kappa shape index (κ2) is 16.7. The van der Waals surface area contributed by atoms with Crippen molar-refractivity contribution in [3.63, 3.8) is 0 Å². The molecule has 1 atom stereocenters. The number of anilines is 6. The molecule has 2 aliphatic rings. The van der Waals surface area contributed by atoms with Gasteiger partial charge in [0.2, 0.25) is 0 Å². The van der Waals surface area contributed by atoms with Crippen molar-refractivity contribution in [3.8, 4) is 55.6 Å². The van der Waals surface area contributed by atoms with Crippen LogP contribution in [0.25, 0.3) is 55.6 Å². The topological polar surface area (TPSA) is 6.48 Å². The highest BCUT2D eigenvalue weighted by atomic mass is 15.2. The molecule has 0 radical (unpaired) electrons. The highest BCUT2D eigenvalue weighted by molar-refractivity contribution is 6.02. The smallest absolute Gasteiger partial charge is 0.0727 e. The lowest BCUT2D eigenvalue weighted by molar-refractivity contribution is 0.793. The zero-order valence-corrected chi connectivity index (χ0v) is 38.0. The van der Waals surface area contributed by atoms with Crippen molar-refractivity contribution in [1.29, 1.82) is 0 Å². The van der Waals surface area contributed by atoms with Crippen LogP contribution < -0.4 is 9.80 Å². The first-order valence-electron chi connectivity index (χ1n) is 23.8. The summed E-state index contributed by atoms with van der Waals surface area (Å²) in [4.78, 5) is 4.94. The average Bonchev–Trinajstić information content (AvgIpc) is 3.89. The van der Waals surface area contributed by atoms with E-state index in [-0.39, 0.29) is 0 Å². The maximum Gasteiger partial charge on any atom is 0.0727 e. The van der Waals surface area contributed by atoms with Crippen LogP contribution in [0.15, 0.2) is 279 Å². The Morgan fingerprint density at radius 3 is 1.04 bits per heavy atom. The van der Waals surface area contributed by atoms with Crippen molar-refractivity contribution in [2.75, 3.05) is 9.80 Å². The maximum absolute atomic E-state index is 2.55. The Labute approximate surface area is 404 Å². The Morgan fingerprint density at radius 1 is 0.217 bits per heavy atom. The Bertz CT molecular complexity index is 3550. The SMILES string of the molecule is c1ccc(-c2ccccc2N(c2ccc3c(c2)C2(c4ccccc4-c4ccc(N(c5ccccc5)c5ccccc5)cc42)c2ccccc2-3)c2c(-c3ccccc3)cccc2-c2ccccc2)cc1. The number of fused-ring (bicyclic) bond motifs is 10. The molecular formula is C67H46N2. The Kier molecular flexibility index (Phi) is 9.77. The number of nitrogens with zero attached hydrogens (tertiary/aromatic N) is 2. The quantitative estimate of drug-likeness (QED) is 0.143. The van der Waals surface area contributed by atoms with Gasteiger partial charge >= 0.3 is 0 Å². The fourth-order valence-corrected chi connectivity index (χ4v) is 11.4.